The van der Waals surface area contributed by atoms with Crippen molar-refractivity contribution in [3.8, 4) is 0 Å². The molecule has 1 atom stereocenters. The summed E-state index contributed by atoms with van der Waals surface area (Å²) in [4.78, 5) is 0. The van der Waals surface area contributed by atoms with Crippen LogP contribution in [0, 0.1) is 17.8 Å². The summed E-state index contributed by atoms with van der Waals surface area (Å²) in [5, 5.41) is 0. The van der Waals surface area contributed by atoms with Gasteiger partial charge >= 0.3 is 6.18 Å². The number of alkyl halides is 3. The Morgan fingerprint density at radius 1 is 1.00 bits per heavy atom. The SMILES string of the molecule is CC(C)C[C@@H](C(C)C)C(F)(F)F. The van der Waals surface area contributed by atoms with E-state index in [4.69, 9.17) is 0 Å². The lowest BCUT2D eigenvalue weighted by Crippen LogP contribution is -2.28. The van der Waals surface area contributed by atoms with Crippen molar-refractivity contribution in [1.82, 2.24) is 0 Å². The van der Waals surface area contributed by atoms with Crippen LogP contribution in [0.3, 0.4) is 0 Å². The second kappa shape index (κ2) is 4.15. The summed E-state index contributed by atoms with van der Waals surface area (Å²) in [5.41, 5.74) is 0. The molecule has 0 aromatic carbocycles. The maximum Gasteiger partial charge on any atom is 0.392 e. The molecule has 12 heavy (non-hydrogen) atoms. The number of rotatable bonds is 3. The molecular weight excluding hydrogens is 165 g/mol. The van der Waals surface area contributed by atoms with E-state index in [0.717, 1.165) is 0 Å². The second-order valence-corrected chi connectivity index (χ2v) is 4.02. The fraction of sp³-hybridized carbons (Fsp3) is 1.00. The van der Waals surface area contributed by atoms with Crippen molar-refractivity contribution >= 4 is 0 Å². The van der Waals surface area contributed by atoms with Gasteiger partial charge in [-0.05, 0) is 18.3 Å². The molecule has 0 N–H and O–H groups in total. The molecule has 0 aromatic heterocycles. The molecule has 0 spiro atoms. The van der Waals surface area contributed by atoms with Gasteiger partial charge in [-0.25, -0.2) is 0 Å². The third-order valence-electron chi connectivity index (χ3n) is 1.95. The Morgan fingerprint density at radius 3 is 1.50 bits per heavy atom. The number of halogens is 3. The average Bonchev–Trinajstić information content (AvgIpc) is 1.79. The third kappa shape index (κ3) is 3.98. The van der Waals surface area contributed by atoms with Crippen LogP contribution >= 0.6 is 0 Å². The molecule has 0 amide bonds. The summed E-state index contributed by atoms with van der Waals surface area (Å²) in [6.07, 6.45) is -3.79. The van der Waals surface area contributed by atoms with E-state index >= 15 is 0 Å². The maximum atomic E-state index is 12.3. The highest BCUT2D eigenvalue weighted by molar-refractivity contribution is 4.72. The molecule has 0 nitrogen and oxygen atoms in total. The summed E-state index contributed by atoms with van der Waals surface area (Å²) in [6.45, 7) is 6.89. The van der Waals surface area contributed by atoms with Gasteiger partial charge in [0.25, 0.3) is 0 Å². The van der Waals surface area contributed by atoms with Crippen molar-refractivity contribution in [1.29, 1.82) is 0 Å². The zero-order valence-corrected chi connectivity index (χ0v) is 8.07. The Bertz CT molecular complexity index is 124. The van der Waals surface area contributed by atoms with Crippen LogP contribution < -0.4 is 0 Å². The van der Waals surface area contributed by atoms with E-state index in [1.54, 1.807) is 13.8 Å². The Hall–Kier alpha value is -0.210. The van der Waals surface area contributed by atoms with Gasteiger partial charge in [0.15, 0.2) is 0 Å². The van der Waals surface area contributed by atoms with Crippen LogP contribution in [0.2, 0.25) is 0 Å². The van der Waals surface area contributed by atoms with Crippen molar-refractivity contribution in [2.24, 2.45) is 17.8 Å². The van der Waals surface area contributed by atoms with E-state index in [-0.39, 0.29) is 18.3 Å². The average molecular weight is 182 g/mol. The molecule has 0 rings (SSSR count). The van der Waals surface area contributed by atoms with E-state index in [9.17, 15) is 13.2 Å². The van der Waals surface area contributed by atoms with Gasteiger partial charge in [0.05, 0.1) is 5.92 Å². The monoisotopic (exact) mass is 182 g/mol. The zero-order valence-electron chi connectivity index (χ0n) is 8.07. The Morgan fingerprint density at radius 2 is 1.42 bits per heavy atom. The summed E-state index contributed by atoms with van der Waals surface area (Å²) < 4.78 is 37.0. The molecule has 0 heterocycles. The maximum absolute atomic E-state index is 12.3. The van der Waals surface area contributed by atoms with Gasteiger partial charge in [0.2, 0.25) is 0 Å². The minimum Gasteiger partial charge on any atom is -0.171 e. The first-order valence-electron chi connectivity index (χ1n) is 4.31. The molecule has 74 valence electrons. The van der Waals surface area contributed by atoms with Crippen LogP contribution in [-0.4, -0.2) is 6.18 Å². The fourth-order valence-corrected chi connectivity index (χ4v) is 1.29. The fourth-order valence-electron chi connectivity index (χ4n) is 1.29. The summed E-state index contributed by atoms with van der Waals surface area (Å²) >= 11 is 0. The topological polar surface area (TPSA) is 0 Å². The molecule has 0 radical (unpaired) electrons. The van der Waals surface area contributed by atoms with Gasteiger partial charge in [0, 0.05) is 0 Å². The van der Waals surface area contributed by atoms with Gasteiger partial charge in [-0.15, -0.1) is 0 Å². The molecule has 0 unspecified atom stereocenters. The molecule has 0 saturated carbocycles. The number of hydrogen-bond donors (Lipinski definition) is 0. The highest BCUT2D eigenvalue weighted by atomic mass is 19.4. The molecule has 0 aromatic rings. The quantitative estimate of drug-likeness (QED) is 0.621. The Kier molecular flexibility index (Phi) is 4.08. The minimum absolute atomic E-state index is 0.110. The lowest BCUT2D eigenvalue weighted by atomic mass is 9.87. The van der Waals surface area contributed by atoms with Crippen LogP contribution in [0.5, 0.6) is 0 Å². The number of hydrogen-bond acceptors (Lipinski definition) is 0. The standard InChI is InChI=1S/C9H17F3/c1-6(2)5-8(7(3)4)9(10,11)12/h6-8H,5H2,1-4H3/t8-/m0/s1. The minimum atomic E-state index is -4.03. The molecule has 0 bridgehead atoms. The third-order valence-corrected chi connectivity index (χ3v) is 1.95. The smallest absolute Gasteiger partial charge is 0.171 e. The predicted octanol–water partition coefficient (Wildman–Crippen LogP) is 3.87. The van der Waals surface area contributed by atoms with Crippen molar-refractivity contribution in [3.63, 3.8) is 0 Å². The molecule has 3 heteroatoms. The first-order valence-corrected chi connectivity index (χ1v) is 4.31. The first-order chi connectivity index (χ1) is 5.25. The van der Waals surface area contributed by atoms with Gasteiger partial charge in [-0.1, -0.05) is 27.7 Å². The normalized spacial score (nSPS) is 15.8. The Balaban J connectivity index is 4.25. The van der Waals surface area contributed by atoms with Crippen LogP contribution in [-0.2, 0) is 0 Å². The highest BCUT2D eigenvalue weighted by Gasteiger charge is 2.41. The summed E-state index contributed by atoms with van der Waals surface area (Å²) in [6, 6.07) is 0. The van der Waals surface area contributed by atoms with Crippen molar-refractivity contribution in [3.05, 3.63) is 0 Å². The lowest BCUT2D eigenvalue weighted by Gasteiger charge is -2.25. The van der Waals surface area contributed by atoms with Gasteiger partial charge < -0.3 is 0 Å². The van der Waals surface area contributed by atoms with Crippen molar-refractivity contribution < 1.29 is 13.2 Å². The van der Waals surface area contributed by atoms with Gasteiger partial charge in [0.1, 0.15) is 0 Å². The van der Waals surface area contributed by atoms with Crippen LogP contribution in [0.15, 0.2) is 0 Å². The van der Waals surface area contributed by atoms with Gasteiger partial charge in [-0.2, -0.15) is 13.2 Å². The van der Waals surface area contributed by atoms with Crippen LogP contribution in [0.1, 0.15) is 34.1 Å². The highest BCUT2D eigenvalue weighted by Crippen LogP contribution is 2.36. The predicted molar refractivity (Wildman–Crippen MR) is 43.8 cm³/mol. The first kappa shape index (κ1) is 11.8. The largest absolute Gasteiger partial charge is 0.392 e. The van der Waals surface area contributed by atoms with Crippen LogP contribution in [0.4, 0.5) is 13.2 Å². The molecule has 0 aliphatic rings. The zero-order chi connectivity index (χ0) is 9.94. The summed E-state index contributed by atoms with van der Waals surface area (Å²) in [7, 11) is 0. The molecule has 0 aliphatic heterocycles. The second-order valence-electron chi connectivity index (χ2n) is 4.02. The molecular formula is C9H17F3. The van der Waals surface area contributed by atoms with Gasteiger partial charge in [-0.3, -0.25) is 0 Å². The van der Waals surface area contributed by atoms with Crippen molar-refractivity contribution in [2.75, 3.05) is 0 Å². The lowest BCUT2D eigenvalue weighted by molar-refractivity contribution is -0.190. The molecule has 0 aliphatic carbocycles. The van der Waals surface area contributed by atoms with E-state index in [2.05, 4.69) is 0 Å². The van der Waals surface area contributed by atoms with E-state index < -0.39 is 12.1 Å². The molecule has 0 saturated heterocycles. The Labute approximate surface area is 72.2 Å². The summed E-state index contributed by atoms with van der Waals surface area (Å²) in [5.74, 6) is -1.34. The van der Waals surface area contributed by atoms with E-state index in [1.807, 2.05) is 13.8 Å². The van der Waals surface area contributed by atoms with E-state index in [1.165, 1.54) is 0 Å². The van der Waals surface area contributed by atoms with Crippen LogP contribution in [0.25, 0.3) is 0 Å². The van der Waals surface area contributed by atoms with Crippen molar-refractivity contribution in [2.45, 2.75) is 40.3 Å². The molecule has 0 fully saturated rings. The van der Waals surface area contributed by atoms with E-state index in [0.29, 0.717) is 0 Å².